The van der Waals surface area contributed by atoms with Crippen molar-refractivity contribution in [3.8, 4) is 0 Å². The van der Waals surface area contributed by atoms with Crippen molar-refractivity contribution in [2.45, 2.75) is 57.0 Å². The Morgan fingerprint density at radius 2 is 1.93 bits per heavy atom. The van der Waals surface area contributed by atoms with Crippen molar-refractivity contribution < 1.29 is 8.78 Å². The average Bonchev–Trinajstić information content (AvgIpc) is 3.03. The molecule has 2 aliphatic rings. The van der Waals surface area contributed by atoms with Gasteiger partial charge in [0.05, 0.1) is 0 Å². The number of nitrogens with zero attached hydrogens (tertiary/aromatic N) is 1. The average molecular weight is 380 g/mol. The summed E-state index contributed by atoms with van der Waals surface area (Å²) in [6, 6.07) is 13.1. The van der Waals surface area contributed by atoms with E-state index in [0.29, 0.717) is 12.1 Å². The summed E-state index contributed by atoms with van der Waals surface area (Å²) in [4.78, 5) is 6.20. The van der Waals surface area contributed by atoms with Gasteiger partial charge in [-0.2, -0.15) is 0 Å². The van der Waals surface area contributed by atoms with Gasteiger partial charge >= 0.3 is 0 Å². The van der Waals surface area contributed by atoms with Crippen molar-refractivity contribution in [2.24, 2.45) is 0 Å². The molecule has 4 heteroatoms. The second-order valence-corrected chi connectivity index (χ2v) is 8.30. The predicted molar refractivity (Wildman–Crippen MR) is 108 cm³/mol. The van der Waals surface area contributed by atoms with Crippen LogP contribution in [0.3, 0.4) is 0 Å². The van der Waals surface area contributed by atoms with Crippen molar-refractivity contribution in [2.75, 3.05) is 6.54 Å². The van der Waals surface area contributed by atoms with E-state index in [1.807, 2.05) is 18.2 Å². The van der Waals surface area contributed by atoms with Crippen LogP contribution in [-0.2, 0) is 12.8 Å². The zero-order valence-electron chi connectivity index (χ0n) is 16.1. The summed E-state index contributed by atoms with van der Waals surface area (Å²) in [5.74, 6) is -0.258. The van der Waals surface area contributed by atoms with E-state index in [0.717, 1.165) is 55.1 Å². The number of aryl methyl sites for hydroxylation is 1. The minimum Gasteiger partial charge on any atom is -0.358 e. The summed E-state index contributed by atoms with van der Waals surface area (Å²) in [5.41, 5.74) is 4.49. The molecule has 0 saturated carbocycles. The lowest BCUT2D eigenvalue weighted by atomic mass is 9.82. The van der Waals surface area contributed by atoms with Crippen LogP contribution in [0, 0.1) is 11.6 Å². The Labute approximate surface area is 164 Å². The summed E-state index contributed by atoms with van der Waals surface area (Å²) in [5, 5.41) is 1.05. The number of benzene rings is 2. The Morgan fingerprint density at radius 3 is 2.82 bits per heavy atom. The van der Waals surface area contributed by atoms with E-state index in [1.165, 1.54) is 30.2 Å². The van der Waals surface area contributed by atoms with E-state index in [2.05, 4.69) is 9.88 Å². The number of hydrogen-bond donors (Lipinski definition) is 1. The topological polar surface area (TPSA) is 19.0 Å². The smallest absolute Gasteiger partial charge is 0.126 e. The van der Waals surface area contributed by atoms with Crippen LogP contribution in [0.15, 0.2) is 42.5 Å². The number of aromatic amines is 1. The Bertz CT molecular complexity index is 993. The molecule has 1 saturated heterocycles. The van der Waals surface area contributed by atoms with Gasteiger partial charge in [-0.1, -0.05) is 18.2 Å². The van der Waals surface area contributed by atoms with E-state index in [9.17, 15) is 8.78 Å². The highest BCUT2D eigenvalue weighted by Gasteiger charge is 2.38. The van der Waals surface area contributed by atoms with Crippen molar-refractivity contribution >= 4 is 10.9 Å². The third-order valence-electron chi connectivity index (χ3n) is 6.61. The monoisotopic (exact) mass is 380 g/mol. The highest BCUT2D eigenvalue weighted by Crippen LogP contribution is 2.45. The lowest BCUT2D eigenvalue weighted by Gasteiger charge is -2.46. The summed E-state index contributed by atoms with van der Waals surface area (Å²) in [7, 11) is 0. The Hall–Kier alpha value is -2.20. The minimum atomic E-state index is -0.163. The summed E-state index contributed by atoms with van der Waals surface area (Å²) in [6.45, 7) is 1.03. The zero-order chi connectivity index (χ0) is 19.1. The highest BCUT2D eigenvalue weighted by molar-refractivity contribution is 5.85. The lowest BCUT2D eigenvalue weighted by molar-refractivity contribution is 0.0676. The molecule has 2 atom stereocenters. The molecule has 146 valence electrons. The van der Waals surface area contributed by atoms with E-state index in [-0.39, 0.29) is 11.6 Å². The van der Waals surface area contributed by atoms with E-state index in [1.54, 1.807) is 18.2 Å². The van der Waals surface area contributed by atoms with Gasteiger partial charge in [0, 0.05) is 35.1 Å². The lowest BCUT2D eigenvalue weighted by Crippen LogP contribution is -2.46. The molecule has 3 aromatic rings. The molecule has 28 heavy (non-hydrogen) atoms. The number of fused-ring (bicyclic) bond motifs is 6. The van der Waals surface area contributed by atoms with Crippen LogP contribution in [0.25, 0.3) is 10.9 Å². The molecule has 2 aliphatic heterocycles. The number of piperidine rings is 1. The molecule has 0 radical (unpaired) electrons. The predicted octanol–water partition coefficient (Wildman–Crippen LogP) is 5.92. The maximum absolute atomic E-state index is 13.9. The molecule has 2 bridgehead atoms. The third-order valence-corrected chi connectivity index (χ3v) is 6.61. The van der Waals surface area contributed by atoms with Gasteiger partial charge in [0.2, 0.25) is 0 Å². The second kappa shape index (κ2) is 7.32. The zero-order valence-corrected chi connectivity index (χ0v) is 16.1. The van der Waals surface area contributed by atoms with Gasteiger partial charge in [0.1, 0.15) is 11.6 Å². The van der Waals surface area contributed by atoms with E-state index < -0.39 is 0 Å². The van der Waals surface area contributed by atoms with Gasteiger partial charge in [-0.25, -0.2) is 8.78 Å². The maximum Gasteiger partial charge on any atom is 0.126 e. The highest BCUT2D eigenvalue weighted by atomic mass is 19.1. The van der Waals surface area contributed by atoms with Crippen LogP contribution < -0.4 is 0 Å². The Kier molecular flexibility index (Phi) is 4.67. The largest absolute Gasteiger partial charge is 0.358 e. The molecule has 1 N–H and O–H groups in total. The maximum atomic E-state index is 13.9. The first-order valence-corrected chi connectivity index (χ1v) is 10.5. The van der Waals surface area contributed by atoms with Gasteiger partial charge in [-0.3, -0.25) is 4.90 Å². The normalized spacial score (nSPS) is 21.8. The van der Waals surface area contributed by atoms with Gasteiger partial charge < -0.3 is 4.98 Å². The molecule has 2 unspecified atom stereocenters. The fraction of sp³-hybridized carbons (Fsp3) is 0.417. The minimum absolute atomic E-state index is 0.0946. The van der Waals surface area contributed by atoms with Gasteiger partial charge in [-0.05, 0) is 80.5 Å². The van der Waals surface area contributed by atoms with Crippen LogP contribution >= 0.6 is 0 Å². The second-order valence-electron chi connectivity index (χ2n) is 8.30. The van der Waals surface area contributed by atoms with Gasteiger partial charge in [0.15, 0.2) is 0 Å². The molecule has 5 rings (SSSR count). The summed E-state index contributed by atoms with van der Waals surface area (Å²) in [6.07, 6.45) is 7.48. The molecule has 0 aliphatic carbocycles. The molecule has 1 aromatic heterocycles. The number of hydrogen-bond acceptors (Lipinski definition) is 1. The van der Waals surface area contributed by atoms with E-state index >= 15 is 0 Å². The van der Waals surface area contributed by atoms with Crippen molar-refractivity contribution in [1.29, 1.82) is 0 Å². The van der Waals surface area contributed by atoms with Crippen LogP contribution in [-0.4, -0.2) is 22.5 Å². The fourth-order valence-electron chi connectivity index (χ4n) is 5.33. The summed E-state index contributed by atoms with van der Waals surface area (Å²) >= 11 is 0. The number of halogens is 2. The van der Waals surface area contributed by atoms with Crippen LogP contribution in [0.4, 0.5) is 8.78 Å². The molecule has 0 amide bonds. The summed E-state index contributed by atoms with van der Waals surface area (Å²) < 4.78 is 27.7. The van der Waals surface area contributed by atoms with Crippen molar-refractivity contribution in [1.82, 2.24) is 9.88 Å². The number of H-pyrrole nitrogens is 1. The fourth-order valence-corrected chi connectivity index (χ4v) is 5.33. The Morgan fingerprint density at radius 1 is 1.04 bits per heavy atom. The SMILES string of the molecule is Fc1ccc2[nH]c3c(c2c1)C1CCCC(C3)N1CCCCc1ccccc1F. The van der Waals surface area contributed by atoms with Gasteiger partial charge in [0.25, 0.3) is 0 Å². The van der Waals surface area contributed by atoms with Gasteiger partial charge in [-0.15, -0.1) is 0 Å². The molecular weight excluding hydrogens is 354 g/mol. The Balaban J connectivity index is 1.33. The molecule has 1 fully saturated rings. The molecule has 2 nitrogen and oxygen atoms in total. The van der Waals surface area contributed by atoms with Crippen LogP contribution in [0.2, 0.25) is 0 Å². The number of unbranched alkanes of at least 4 members (excludes halogenated alkanes) is 1. The van der Waals surface area contributed by atoms with Crippen LogP contribution in [0.5, 0.6) is 0 Å². The first-order valence-electron chi connectivity index (χ1n) is 10.5. The molecule has 3 heterocycles. The molecular formula is C24H26F2N2. The third kappa shape index (κ3) is 3.14. The van der Waals surface area contributed by atoms with Crippen molar-refractivity contribution in [3.05, 3.63) is 70.9 Å². The first kappa shape index (κ1) is 17.9. The standard InChI is InChI=1S/C24H26F2N2/c25-17-11-12-21-19(14-17)24-22(27-21)15-18-8-5-10-23(24)28(18)13-4-3-7-16-6-1-2-9-20(16)26/h1-2,6,9,11-12,14,18,23,27H,3-5,7-8,10,13,15H2. The molecule has 0 spiro atoms. The van der Waals surface area contributed by atoms with E-state index in [4.69, 9.17) is 0 Å². The first-order chi connectivity index (χ1) is 13.7. The van der Waals surface area contributed by atoms with Crippen molar-refractivity contribution in [3.63, 3.8) is 0 Å². The quantitative estimate of drug-likeness (QED) is 0.544. The van der Waals surface area contributed by atoms with Crippen LogP contribution in [0.1, 0.15) is 55.0 Å². The number of rotatable bonds is 5. The number of aromatic nitrogens is 1. The molecule has 2 aromatic carbocycles. The number of nitrogens with one attached hydrogen (secondary N) is 1.